The first-order valence-corrected chi connectivity index (χ1v) is 9.47. The summed E-state index contributed by atoms with van der Waals surface area (Å²) in [5.41, 5.74) is 0.705. The molecule has 0 spiro atoms. The van der Waals surface area contributed by atoms with Crippen LogP contribution < -0.4 is 19.5 Å². The number of halogens is 1. The maximum atomic E-state index is 12.3. The fraction of sp³-hybridized carbons (Fsp3) is 0.300. The van der Waals surface area contributed by atoms with Crippen LogP contribution in [0.25, 0.3) is 0 Å². The maximum Gasteiger partial charge on any atom is 0.339 e. The van der Waals surface area contributed by atoms with E-state index in [1.165, 1.54) is 13.2 Å². The number of nitrogens with one attached hydrogen (secondary N) is 1. The lowest BCUT2D eigenvalue weighted by Gasteiger charge is -2.14. The first-order valence-electron chi connectivity index (χ1n) is 8.68. The van der Waals surface area contributed by atoms with E-state index in [-0.39, 0.29) is 5.56 Å². The van der Waals surface area contributed by atoms with Crippen molar-refractivity contribution in [1.29, 1.82) is 0 Å². The van der Waals surface area contributed by atoms with Crippen LogP contribution in [0.2, 0.25) is 0 Å². The zero-order valence-electron chi connectivity index (χ0n) is 15.9. The molecule has 7 nitrogen and oxygen atoms in total. The molecule has 0 fully saturated rings. The quantitative estimate of drug-likeness (QED) is 0.578. The Balaban J connectivity index is 2.04. The molecule has 2 aromatic rings. The van der Waals surface area contributed by atoms with E-state index >= 15 is 0 Å². The van der Waals surface area contributed by atoms with Gasteiger partial charge in [0.2, 0.25) is 0 Å². The number of hydrogen-bond acceptors (Lipinski definition) is 6. The molecule has 0 aromatic heterocycles. The topological polar surface area (TPSA) is 83.1 Å². The molecule has 1 amide bonds. The molecule has 0 atom stereocenters. The molecule has 2 rings (SSSR count). The van der Waals surface area contributed by atoms with Crippen LogP contribution in [-0.2, 0) is 9.53 Å². The number of carbonyl (C=O) groups excluding carboxylic acids is 2. The minimum absolute atomic E-state index is 0.264. The first-order chi connectivity index (χ1) is 13.5. The predicted molar refractivity (Wildman–Crippen MR) is 108 cm³/mol. The van der Waals surface area contributed by atoms with Gasteiger partial charge in [0.1, 0.15) is 17.2 Å². The van der Waals surface area contributed by atoms with Crippen molar-refractivity contribution in [3.05, 3.63) is 46.4 Å². The third-order valence-corrected chi connectivity index (χ3v) is 4.26. The number of methoxy groups -OCH3 is 1. The zero-order valence-corrected chi connectivity index (χ0v) is 17.5. The van der Waals surface area contributed by atoms with E-state index in [0.717, 1.165) is 0 Å². The van der Waals surface area contributed by atoms with Crippen LogP contribution in [0.3, 0.4) is 0 Å². The molecule has 0 saturated heterocycles. The molecule has 0 saturated carbocycles. The van der Waals surface area contributed by atoms with Gasteiger partial charge in [0.05, 0.1) is 31.6 Å². The second-order valence-electron chi connectivity index (χ2n) is 5.49. The SMILES string of the molecule is CCOc1ccc(OCC)c(NC(=O)COC(=O)c2cc(OC)ccc2Br)c1. The highest BCUT2D eigenvalue weighted by Gasteiger charge is 2.16. The number of carbonyl (C=O) groups is 2. The van der Waals surface area contributed by atoms with Gasteiger partial charge in [-0.1, -0.05) is 0 Å². The lowest BCUT2D eigenvalue weighted by molar-refractivity contribution is -0.119. The van der Waals surface area contributed by atoms with Crippen LogP contribution >= 0.6 is 15.9 Å². The van der Waals surface area contributed by atoms with Gasteiger partial charge in [-0.25, -0.2) is 4.79 Å². The number of rotatable bonds is 9. The Bertz CT molecular complexity index is 839. The van der Waals surface area contributed by atoms with Gasteiger partial charge in [0.15, 0.2) is 6.61 Å². The lowest BCUT2D eigenvalue weighted by Crippen LogP contribution is -2.21. The molecule has 0 unspecified atom stereocenters. The molecule has 0 aliphatic rings. The Labute approximate surface area is 172 Å². The van der Waals surface area contributed by atoms with E-state index in [1.54, 1.807) is 30.3 Å². The van der Waals surface area contributed by atoms with Crippen molar-refractivity contribution >= 4 is 33.5 Å². The zero-order chi connectivity index (χ0) is 20.5. The van der Waals surface area contributed by atoms with Crippen molar-refractivity contribution in [1.82, 2.24) is 0 Å². The molecule has 8 heteroatoms. The van der Waals surface area contributed by atoms with E-state index in [9.17, 15) is 9.59 Å². The molecule has 0 radical (unpaired) electrons. The van der Waals surface area contributed by atoms with Crippen molar-refractivity contribution in [3.63, 3.8) is 0 Å². The summed E-state index contributed by atoms with van der Waals surface area (Å²) >= 11 is 3.28. The number of benzene rings is 2. The van der Waals surface area contributed by atoms with E-state index in [2.05, 4.69) is 21.2 Å². The van der Waals surface area contributed by atoms with Crippen molar-refractivity contribution in [2.45, 2.75) is 13.8 Å². The standard InChI is InChI=1S/C20H22BrNO6/c1-4-26-14-7-9-18(27-5-2)17(11-14)22-19(23)12-28-20(24)15-10-13(25-3)6-8-16(15)21/h6-11H,4-5,12H2,1-3H3,(H,22,23). The van der Waals surface area contributed by atoms with E-state index in [4.69, 9.17) is 18.9 Å². The summed E-state index contributed by atoms with van der Waals surface area (Å²) in [6.45, 7) is 4.19. The van der Waals surface area contributed by atoms with Crippen molar-refractivity contribution < 1.29 is 28.5 Å². The fourth-order valence-electron chi connectivity index (χ4n) is 2.33. The Morgan fingerprint density at radius 3 is 2.39 bits per heavy atom. The minimum atomic E-state index is -0.644. The Morgan fingerprint density at radius 1 is 1.00 bits per heavy atom. The summed E-state index contributed by atoms with van der Waals surface area (Å²) < 4.78 is 21.7. The van der Waals surface area contributed by atoms with Gasteiger partial charge in [-0.15, -0.1) is 0 Å². The number of ether oxygens (including phenoxy) is 4. The third-order valence-electron chi connectivity index (χ3n) is 3.56. The van der Waals surface area contributed by atoms with Crippen LogP contribution in [0.1, 0.15) is 24.2 Å². The molecule has 1 N–H and O–H groups in total. The Kier molecular flexibility index (Phi) is 8.13. The van der Waals surface area contributed by atoms with E-state index in [1.807, 2.05) is 13.8 Å². The summed E-state index contributed by atoms with van der Waals surface area (Å²) in [5, 5.41) is 2.68. The highest BCUT2D eigenvalue weighted by atomic mass is 79.9. The van der Waals surface area contributed by atoms with Crippen LogP contribution in [0.5, 0.6) is 17.2 Å². The van der Waals surface area contributed by atoms with Crippen LogP contribution in [0.15, 0.2) is 40.9 Å². The van der Waals surface area contributed by atoms with Gasteiger partial charge in [-0.05, 0) is 60.1 Å². The Morgan fingerprint density at radius 2 is 1.71 bits per heavy atom. The Hall–Kier alpha value is -2.74. The van der Waals surface area contributed by atoms with Gasteiger partial charge in [0.25, 0.3) is 5.91 Å². The molecular weight excluding hydrogens is 430 g/mol. The van der Waals surface area contributed by atoms with Crippen LogP contribution in [0, 0.1) is 0 Å². The summed E-state index contributed by atoms with van der Waals surface area (Å²) in [4.78, 5) is 24.5. The molecule has 0 aliphatic heterocycles. The molecule has 0 aliphatic carbocycles. The summed E-state index contributed by atoms with van der Waals surface area (Å²) in [5.74, 6) is 0.462. The van der Waals surface area contributed by atoms with Crippen LogP contribution in [0.4, 0.5) is 5.69 Å². The normalized spacial score (nSPS) is 10.1. The third kappa shape index (κ3) is 5.88. The first kappa shape index (κ1) is 21.6. The van der Waals surface area contributed by atoms with Crippen molar-refractivity contribution in [3.8, 4) is 17.2 Å². The highest BCUT2D eigenvalue weighted by molar-refractivity contribution is 9.10. The van der Waals surface area contributed by atoms with Gasteiger partial charge < -0.3 is 24.3 Å². The molecule has 150 valence electrons. The largest absolute Gasteiger partial charge is 0.497 e. The second kappa shape index (κ2) is 10.6. The summed E-state index contributed by atoms with van der Waals surface area (Å²) in [6.07, 6.45) is 0. The number of hydrogen-bond donors (Lipinski definition) is 1. The van der Waals surface area contributed by atoms with Gasteiger partial charge in [0, 0.05) is 10.5 Å². The molecule has 0 bridgehead atoms. The number of amides is 1. The van der Waals surface area contributed by atoms with Crippen LogP contribution in [-0.4, -0.2) is 38.8 Å². The van der Waals surface area contributed by atoms with E-state index < -0.39 is 18.5 Å². The van der Waals surface area contributed by atoms with E-state index in [0.29, 0.717) is 40.6 Å². The summed E-state index contributed by atoms with van der Waals surface area (Å²) in [6, 6.07) is 10.0. The lowest BCUT2D eigenvalue weighted by atomic mass is 10.2. The highest BCUT2D eigenvalue weighted by Crippen LogP contribution is 2.29. The van der Waals surface area contributed by atoms with Gasteiger partial charge >= 0.3 is 5.97 Å². The molecule has 0 heterocycles. The summed E-state index contributed by atoms with van der Waals surface area (Å²) in [7, 11) is 1.50. The molecular formula is C20H22BrNO6. The smallest absolute Gasteiger partial charge is 0.339 e. The van der Waals surface area contributed by atoms with Gasteiger partial charge in [-0.2, -0.15) is 0 Å². The minimum Gasteiger partial charge on any atom is -0.497 e. The number of esters is 1. The monoisotopic (exact) mass is 451 g/mol. The molecule has 2 aromatic carbocycles. The average molecular weight is 452 g/mol. The molecule has 28 heavy (non-hydrogen) atoms. The maximum absolute atomic E-state index is 12.3. The van der Waals surface area contributed by atoms with Crippen molar-refractivity contribution in [2.24, 2.45) is 0 Å². The number of anilines is 1. The van der Waals surface area contributed by atoms with Gasteiger partial charge in [-0.3, -0.25) is 4.79 Å². The fourth-order valence-corrected chi connectivity index (χ4v) is 2.74. The van der Waals surface area contributed by atoms with Crippen molar-refractivity contribution in [2.75, 3.05) is 32.2 Å². The predicted octanol–water partition coefficient (Wildman–Crippen LogP) is 4.05. The average Bonchev–Trinajstić information content (AvgIpc) is 2.69. The second-order valence-corrected chi connectivity index (χ2v) is 6.35.